The first-order valence-electron chi connectivity index (χ1n) is 6.12. The van der Waals surface area contributed by atoms with E-state index in [1.54, 1.807) is 13.0 Å². The van der Waals surface area contributed by atoms with Gasteiger partial charge in [0.25, 0.3) is 0 Å². The molecule has 1 aromatic carbocycles. The molecule has 0 radical (unpaired) electrons. The number of halogens is 2. The maximum Gasteiger partial charge on any atom is 0.213 e. The van der Waals surface area contributed by atoms with Gasteiger partial charge in [0.2, 0.25) is 6.39 Å². The molecule has 0 N–H and O–H groups in total. The Bertz CT molecular complexity index is 751. The second-order valence-corrected chi connectivity index (χ2v) is 5.26. The van der Waals surface area contributed by atoms with Crippen molar-refractivity contribution in [1.29, 1.82) is 0 Å². The van der Waals surface area contributed by atoms with Gasteiger partial charge in [0.1, 0.15) is 11.6 Å². The quantitative estimate of drug-likeness (QED) is 0.696. The van der Waals surface area contributed by atoms with E-state index in [1.165, 1.54) is 12.5 Å². The number of hydrogen-bond donors (Lipinski definition) is 0. The zero-order valence-corrected chi connectivity index (χ0v) is 11.7. The van der Waals surface area contributed by atoms with Gasteiger partial charge in [-0.25, -0.2) is 9.37 Å². The predicted octanol–water partition coefficient (Wildman–Crippen LogP) is 3.21. The summed E-state index contributed by atoms with van der Waals surface area (Å²) in [5.41, 5.74) is 1.93. The second-order valence-electron chi connectivity index (χ2n) is 4.61. The predicted molar refractivity (Wildman–Crippen MR) is 72.1 cm³/mol. The molecule has 2 aromatic heterocycles. The van der Waals surface area contributed by atoms with Crippen LogP contribution in [0.1, 0.15) is 29.5 Å². The van der Waals surface area contributed by atoms with E-state index in [1.807, 2.05) is 11.5 Å². The summed E-state index contributed by atoms with van der Waals surface area (Å²) >= 11 is 6.16. The molecule has 5 nitrogen and oxygen atoms in total. The van der Waals surface area contributed by atoms with Crippen LogP contribution in [-0.4, -0.2) is 19.7 Å². The van der Waals surface area contributed by atoms with Crippen molar-refractivity contribution in [3.63, 3.8) is 0 Å². The van der Waals surface area contributed by atoms with Crippen LogP contribution in [0.5, 0.6) is 0 Å². The summed E-state index contributed by atoms with van der Waals surface area (Å²) in [4.78, 5) is 8.39. The summed E-state index contributed by atoms with van der Waals surface area (Å²) in [5, 5.41) is 3.48. The van der Waals surface area contributed by atoms with Crippen LogP contribution >= 0.6 is 11.6 Å². The Morgan fingerprint density at radius 3 is 2.90 bits per heavy atom. The Morgan fingerprint density at radius 2 is 2.25 bits per heavy atom. The van der Waals surface area contributed by atoms with Crippen LogP contribution in [0.4, 0.5) is 4.39 Å². The van der Waals surface area contributed by atoms with Gasteiger partial charge >= 0.3 is 0 Å². The fraction of sp³-hybridized carbons (Fsp3) is 0.308. The summed E-state index contributed by atoms with van der Waals surface area (Å²) in [6, 6.07) is 3.17. The lowest BCUT2D eigenvalue weighted by Gasteiger charge is -2.08. The third-order valence-electron chi connectivity index (χ3n) is 3.12. The normalized spacial score (nSPS) is 13.0. The molecule has 0 fully saturated rings. The van der Waals surface area contributed by atoms with E-state index in [0.29, 0.717) is 29.3 Å². The summed E-state index contributed by atoms with van der Waals surface area (Å²) in [6.45, 7) is 3.91. The van der Waals surface area contributed by atoms with E-state index in [2.05, 4.69) is 15.1 Å². The molecule has 0 aliphatic rings. The molecule has 104 valence electrons. The maximum absolute atomic E-state index is 13.6. The molecule has 0 bridgehead atoms. The number of aromatic nitrogens is 4. The molecule has 7 heteroatoms. The van der Waals surface area contributed by atoms with Gasteiger partial charge in [0.05, 0.1) is 23.0 Å². The van der Waals surface area contributed by atoms with Gasteiger partial charge < -0.3 is 9.09 Å². The third kappa shape index (κ3) is 2.16. The van der Waals surface area contributed by atoms with E-state index in [4.69, 9.17) is 16.1 Å². The first-order valence-corrected chi connectivity index (χ1v) is 6.55. The van der Waals surface area contributed by atoms with Crippen molar-refractivity contribution in [2.45, 2.75) is 25.8 Å². The minimum atomic E-state index is -0.308. The van der Waals surface area contributed by atoms with E-state index in [0.717, 1.165) is 5.52 Å². The molecule has 0 aliphatic carbocycles. The Kier molecular flexibility index (Phi) is 3.17. The largest absolute Gasteiger partial charge is 0.343 e. The van der Waals surface area contributed by atoms with Crippen LogP contribution in [0.15, 0.2) is 23.0 Å². The maximum atomic E-state index is 13.6. The minimum absolute atomic E-state index is 0.282. The van der Waals surface area contributed by atoms with Gasteiger partial charge in [-0.05, 0) is 25.5 Å². The lowest BCUT2D eigenvalue weighted by molar-refractivity contribution is 0.408. The van der Waals surface area contributed by atoms with Crippen molar-refractivity contribution in [3.05, 3.63) is 41.6 Å². The smallest absolute Gasteiger partial charge is 0.213 e. The third-order valence-corrected chi connectivity index (χ3v) is 3.32. The molecule has 0 amide bonds. The molecule has 1 unspecified atom stereocenters. The van der Waals surface area contributed by atoms with E-state index >= 15 is 0 Å². The van der Waals surface area contributed by atoms with Crippen molar-refractivity contribution < 1.29 is 8.91 Å². The highest BCUT2D eigenvalue weighted by Crippen LogP contribution is 2.26. The lowest BCUT2D eigenvalue weighted by atomic mass is 10.2. The van der Waals surface area contributed by atoms with Gasteiger partial charge in [-0.15, -0.1) is 11.6 Å². The highest BCUT2D eigenvalue weighted by molar-refractivity contribution is 6.20. The summed E-state index contributed by atoms with van der Waals surface area (Å²) in [6.07, 6.45) is 1.27. The van der Waals surface area contributed by atoms with Crippen molar-refractivity contribution in [1.82, 2.24) is 19.7 Å². The van der Waals surface area contributed by atoms with Crippen LogP contribution < -0.4 is 0 Å². The average molecular weight is 295 g/mol. The van der Waals surface area contributed by atoms with Crippen LogP contribution in [0.3, 0.4) is 0 Å². The van der Waals surface area contributed by atoms with E-state index < -0.39 is 0 Å². The van der Waals surface area contributed by atoms with Gasteiger partial charge in [0.15, 0.2) is 5.82 Å². The van der Waals surface area contributed by atoms with Crippen molar-refractivity contribution in [2.24, 2.45) is 0 Å². The molecule has 0 spiro atoms. The molecule has 0 saturated heterocycles. The zero-order valence-electron chi connectivity index (χ0n) is 11.0. The number of fused-ring (bicyclic) bond motifs is 1. The number of nitrogens with zero attached hydrogens (tertiary/aromatic N) is 4. The van der Waals surface area contributed by atoms with Crippen LogP contribution in [0.25, 0.3) is 11.0 Å². The van der Waals surface area contributed by atoms with Gasteiger partial charge in [-0.1, -0.05) is 5.16 Å². The van der Waals surface area contributed by atoms with Gasteiger partial charge in [-0.2, -0.15) is 4.98 Å². The monoisotopic (exact) mass is 294 g/mol. The zero-order chi connectivity index (χ0) is 14.3. The Morgan fingerprint density at radius 1 is 1.45 bits per heavy atom. The number of rotatable bonds is 3. The van der Waals surface area contributed by atoms with Crippen molar-refractivity contribution in [2.75, 3.05) is 0 Å². The van der Waals surface area contributed by atoms with Gasteiger partial charge in [-0.3, -0.25) is 0 Å². The summed E-state index contributed by atoms with van der Waals surface area (Å²) in [5.74, 6) is 0.886. The summed E-state index contributed by atoms with van der Waals surface area (Å²) in [7, 11) is 0. The molecular weight excluding hydrogens is 283 g/mol. The van der Waals surface area contributed by atoms with Crippen molar-refractivity contribution >= 4 is 22.6 Å². The summed E-state index contributed by atoms with van der Waals surface area (Å²) < 4.78 is 20.3. The molecule has 3 aromatic rings. The molecule has 0 saturated carbocycles. The number of aryl methyl sites for hydroxylation is 1. The molecule has 3 rings (SSSR count). The molecule has 2 heterocycles. The Labute approximate surface area is 119 Å². The molecule has 1 atom stereocenters. The standard InChI is InChI=1S/C13H12ClFN4O/c1-7-3-11-10(4-9(7)15)17-13(8(2)14)19(11)5-12-16-6-20-18-12/h3-4,6,8H,5H2,1-2H3. The second kappa shape index (κ2) is 4.86. The van der Waals surface area contributed by atoms with Gasteiger partial charge in [0, 0.05) is 6.07 Å². The van der Waals surface area contributed by atoms with Crippen molar-refractivity contribution in [3.8, 4) is 0 Å². The topological polar surface area (TPSA) is 56.7 Å². The fourth-order valence-electron chi connectivity index (χ4n) is 2.14. The number of alkyl halides is 1. The SMILES string of the molecule is Cc1cc2c(cc1F)nc(C(C)Cl)n2Cc1ncon1. The fourth-order valence-corrected chi connectivity index (χ4v) is 2.31. The van der Waals surface area contributed by atoms with Crippen LogP contribution in [0, 0.1) is 12.7 Å². The van der Waals surface area contributed by atoms with E-state index in [-0.39, 0.29) is 11.2 Å². The number of imidazole rings is 1. The van der Waals surface area contributed by atoms with Crippen LogP contribution in [0.2, 0.25) is 0 Å². The Balaban J connectivity index is 2.20. The van der Waals surface area contributed by atoms with E-state index in [9.17, 15) is 4.39 Å². The highest BCUT2D eigenvalue weighted by Gasteiger charge is 2.17. The first kappa shape index (κ1) is 13.1. The lowest BCUT2D eigenvalue weighted by Crippen LogP contribution is -2.07. The molecule has 20 heavy (non-hydrogen) atoms. The highest BCUT2D eigenvalue weighted by atomic mass is 35.5. The molecule has 0 aliphatic heterocycles. The van der Waals surface area contributed by atoms with Crippen LogP contribution in [-0.2, 0) is 6.54 Å². The first-order chi connectivity index (χ1) is 9.56. The number of hydrogen-bond acceptors (Lipinski definition) is 4. The Hall–Kier alpha value is -1.95. The molecular formula is C13H12ClFN4O. The number of benzene rings is 1. The average Bonchev–Trinajstić information content (AvgIpc) is 3.00. The minimum Gasteiger partial charge on any atom is -0.343 e.